The summed E-state index contributed by atoms with van der Waals surface area (Å²) in [6.45, 7) is 8.02. The van der Waals surface area contributed by atoms with Crippen molar-refractivity contribution in [1.82, 2.24) is 9.80 Å². The fourth-order valence-corrected chi connectivity index (χ4v) is 3.97. The van der Waals surface area contributed by atoms with Crippen LogP contribution in [0, 0.1) is 5.92 Å². The Labute approximate surface area is 163 Å². The van der Waals surface area contributed by atoms with E-state index in [-0.39, 0.29) is 42.3 Å². The second-order valence-electron chi connectivity index (χ2n) is 7.75. The van der Waals surface area contributed by atoms with Gasteiger partial charge in [-0.15, -0.1) is 24.8 Å². The molecule has 142 valence electrons. The van der Waals surface area contributed by atoms with Crippen molar-refractivity contribution < 1.29 is 4.79 Å². The van der Waals surface area contributed by atoms with Crippen molar-refractivity contribution in [3.05, 3.63) is 35.9 Å². The van der Waals surface area contributed by atoms with Crippen LogP contribution >= 0.6 is 24.8 Å². The monoisotopic (exact) mass is 387 g/mol. The first-order valence-electron chi connectivity index (χ1n) is 8.79. The first-order valence-corrected chi connectivity index (χ1v) is 8.79. The predicted molar refractivity (Wildman–Crippen MR) is 107 cm³/mol. The van der Waals surface area contributed by atoms with Crippen LogP contribution in [0.3, 0.4) is 0 Å². The molecule has 6 heteroatoms. The number of nitrogens with two attached hydrogens (primary N) is 1. The summed E-state index contributed by atoms with van der Waals surface area (Å²) < 4.78 is 0. The third-order valence-corrected chi connectivity index (χ3v) is 5.42. The Bertz CT molecular complexity index is 553. The van der Waals surface area contributed by atoms with Crippen LogP contribution in [0.5, 0.6) is 0 Å². The molecule has 1 aromatic carbocycles. The van der Waals surface area contributed by atoms with Crippen molar-refractivity contribution in [2.24, 2.45) is 11.7 Å². The smallest absolute Gasteiger partial charge is 0.225 e. The number of carbonyl (C=O) groups is 1. The van der Waals surface area contributed by atoms with Crippen molar-refractivity contribution in [1.29, 1.82) is 0 Å². The van der Waals surface area contributed by atoms with Gasteiger partial charge in [0.05, 0.1) is 0 Å². The molecule has 2 aliphatic rings. The molecule has 1 aromatic rings. The van der Waals surface area contributed by atoms with Crippen LogP contribution in [0.1, 0.15) is 38.7 Å². The summed E-state index contributed by atoms with van der Waals surface area (Å²) in [5.74, 6) is 0.479. The van der Waals surface area contributed by atoms with Crippen molar-refractivity contribution in [3.8, 4) is 0 Å². The van der Waals surface area contributed by atoms with Crippen LogP contribution in [-0.4, -0.2) is 46.9 Å². The van der Waals surface area contributed by atoms with Crippen LogP contribution in [-0.2, 0) is 11.3 Å². The molecule has 3 rings (SSSR count). The number of carbonyl (C=O) groups excluding carboxylic acids is 1. The van der Waals surface area contributed by atoms with Gasteiger partial charge in [-0.3, -0.25) is 9.69 Å². The minimum atomic E-state index is 0. The van der Waals surface area contributed by atoms with Gasteiger partial charge in [-0.25, -0.2) is 0 Å². The van der Waals surface area contributed by atoms with Crippen molar-refractivity contribution in [2.45, 2.75) is 51.2 Å². The van der Waals surface area contributed by atoms with E-state index >= 15 is 0 Å². The van der Waals surface area contributed by atoms with E-state index in [1.165, 1.54) is 5.56 Å². The fraction of sp³-hybridized carbons (Fsp3) is 0.632. The van der Waals surface area contributed by atoms with E-state index in [2.05, 4.69) is 54.0 Å². The maximum Gasteiger partial charge on any atom is 0.225 e. The lowest BCUT2D eigenvalue weighted by atomic mass is 9.96. The third kappa shape index (κ3) is 5.33. The summed E-state index contributed by atoms with van der Waals surface area (Å²) in [7, 11) is 0. The second kappa shape index (κ2) is 9.22. The van der Waals surface area contributed by atoms with E-state index in [9.17, 15) is 4.79 Å². The lowest BCUT2D eigenvalue weighted by Gasteiger charge is -2.47. The van der Waals surface area contributed by atoms with E-state index in [4.69, 9.17) is 5.73 Å². The largest absolute Gasteiger partial charge is 0.339 e. The van der Waals surface area contributed by atoms with Gasteiger partial charge in [-0.1, -0.05) is 30.3 Å². The zero-order valence-corrected chi connectivity index (χ0v) is 16.8. The zero-order valence-electron chi connectivity index (χ0n) is 15.2. The summed E-state index contributed by atoms with van der Waals surface area (Å²) in [5.41, 5.74) is 7.31. The van der Waals surface area contributed by atoms with Gasteiger partial charge in [0.2, 0.25) is 5.91 Å². The SMILES string of the molecule is CC1(C)CN(C(=O)C2CCC(N)C2)CCN1Cc1ccccc1.Cl.Cl. The van der Waals surface area contributed by atoms with Gasteiger partial charge in [-0.05, 0) is 38.7 Å². The molecule has 0 bridgehead atoms. The van der Waals surface area contributed by atoms with E-state index < -0.39 is 0 Å². The van der Waals surface area contributed by atoms with Crippen LogP contribution < -0.4 is 5.73 Å². The predicted octanol–water partition coefficient (Wildman–Crippen LogP) is 3.08. The average molecular weight is 388 g/mol. The van der Waals surface area contributed by atoms with Crippen molar-refractivity contribution >= 4 is 30.7 Å². The van der Waals surface area contributed by atoms with E-state index in [0.717, 1.165) is 45.4 Å². The Kier molecular flexibility index (Phi) is 8.20. The molecule has 2 N–H and O–H groups in total. The number of hydrogen-bond acceptors (Lipinski definition) is 3. The Morgan fingerprint density at radius 2 is 1.84 bits per heavy atom. The van der Waals surface area contributed by atoms with E-state index in [1.54, 1.807) is 0 Å². The molecule has 0 radical (unpaired) electrons. The highest BCUT2D eigenvalue weighted by molar-refractivity contribution is 5.85. The van der Waals surface area contributed by atoms with Gasteiger partial charge in [0.15, 0.2) is 0 Å². The summed E-state index contributed by atoms with van der Waals surface area (Å²) in [6, 6.07) is 10.8. The molecule has 2 fully saturated rings. The molecular weight excluding hydrogens is 357 g/mol. The molecule has 1 heterocycles. The fourth-order valence-electron chi connectivity index (χ4n) is 3.97. The van der Waals surface area contributed by atoms with Crippen LogP contribution in [0.4, 0.5) is 0 Å². The molecule has 1 saturated carbocycles. The van der Waals surface area contributed by atoms with Crippen molar-refractivity contribution in [3.63, 3.8) is 0 Å². The summed E-state index contributed by atoms with van der Waals surface area (Å²) in [5, 5.41) is 0. The van der Waals surface area contributed by atoms with Gasteiger partial charge in [0.25, 0.3) is 0 Å². The van der Waals surface area contributed by atoms with Crippen molar-refractivity contribution in [2.75, 3.05) is 19.6 Å². The number of hydrogen-bond donors (Lipinski definition) is 1. The molecule has 0 aromatic heterocycles. The molecule has 1 saturated heterocycles. The molecule has 25 heavy (non-hydrogen) atoms. The maximum atomic E-state index is 12.8. The molecule has 1 aliphatic carbocycles. The number of amides is 1. The highest BCUT2D eigenvalue weighted by Gasteiger charge is 2.38. The highest BCUT2D eigenvalue weighted by atomic mass is 35.5. The minimum absolute atomic E-state index is 0. The summed E-state index contributed by atoms with van der Waals surface area (Å²) in [6.07, 6.45) is 2.82. The molecule has 0 spiro atoms. The number of piperazine rings is 1. The highest BCUT2D eigenvalue weighted by Crippen LogP contribution is 2.29. The third-order valence-electron chi connectivity index (χ3n) is 5.42. The van der Waals surface area contributed by atoms with Crippen LogP contribution in [0.2, 0.25) is 0 Å². The van der Waals surface area contributed by atoms with Crippen LogP contribution in [0.25, 0.3) is 0 Å². The van der Waals surface area contributed by atoms with Gasteiger partial charge in [0.1, 0.15) is 0 Å². The second-order valence-corrected chi connectivity index (χ2v) is 7.75. The lowest BCUT2D eigenvalue weighted by molar-refractivity contribution is -0.140. The first-order chi connectivity index (χ1) is 11.0. The quantitative estimate of drug-likeness (QED) is 0.866. The molecular formula is C19H31Cl2N3O. The van der Waals surface area contributed by atoms with E-state index in [1.807, 2.05) is 0 Å². The molecule has 1 amide bonds. The lowest BCUT2D eigenvalue weighted by Crippen LogP contribution is -2.60. The van der Waals surface area contributed by atoms with E-state index in [0.29, 0.717) is 5.91 Å². The molecule has 2 unspecified atom stereocenters. The van der Waals surface area contributed by atoms with Crippen LogP contribution in [0.15, 0.2) is 30.3 Å². The number of halogens is 2. The molecule has 4 nitrogen and oxygen atoms in total. The standard InChI is InChI=1S/C19H29N3O.2ClH/c1-19(2)14-21(18(23)16-8-9-17(20)12-16)10-11-22(19)13-15-6-4-3-5-7-15;;/h3-7,16-17H,8-14,20H2,1-2H3;2*1H. The number of nitrogens with zero attached hydrogens (tertiary/aromatic N) is 2. The van der Waals surface area contributed by atoms with Gasteiger partial charge < -0.3 is 10.6 Å². The maximum absolute atomic E-state index is 12.8. The van der Waals surface area contributed by atoms with Gasteiger partial charge >= 0.3 is 0 Å². The average Bonchev–Trinajstić information content (AvgIpc) is 2.96. The summed E-state index contributed by atoms with van der Waals surface area (Å²) >= 11 is 0. The molecule has 2 atom stereocenters. The summed E-state index contributed by atoms with van der Waals surface area (Å²) in [4.78, 5) is 17.3. The first kappa shape index (κ1) is 22.2. The molecule has 1 aliphatic heterocycles. The van der Waals surface area contributed by atoms with Gasteiger partial charge in [0, 0.05) is 43.7 Å². The Balaban J connectivity index is 0.00000156. The zero-order chi connectivity index (χ0) is 16.4. The topological polar surface area (TPSA) is 49.6 Å². The Morgan fingerprint density at radius 1 is 1.16 bits per heavy atom. The number of rotatable bonds is 3. The number of benzene rings is 1. The Morgan fingerprint density at radius 3 is 2.40 bits per heavy atom. The van der Waals surface area contributed by atoms with Gasteiger partial charge in [-0.2, -0.15) is 0 Å². The minimum Gasteiger partial charge on any atom is -0.339 e. The normalized spacial score (nSPS) is 25.8. The Hall–Kier alpha value is -0.810.